The first kappa shape index (κ1) is 37.1. The SMILES string of the molecule is C.CC(C)=C(C)C(=O)C(C)(C)C.CC(C)=C(C)S(=O)(=O)C(C)C.CCC(=O)C(C)(C)C. The summed E-state index contributed by atoms with van der Waals surface area (Å²) in [5, 5.41) is -0.308. The Bertz CT molecular complexity index is 727. The monoisotopic (exact) mass is 460 g/mol. The van der Waals surface area contributed by atoms with Crippen molar-refractivity contribution in [2.75, 3.05) is 0 Å². The van der Waals surface area contributed by atoms with Gasteiger partial charge < -0.3 is 0 Å². The molecule has 31 heavy (non-hydrogen) atoms. The van der Waals surface area contributed by atoms with Crippen LogP contribution in [-0.4, -0.2) is 25.2 Å². The first-order valence-corrected chi connectivity index (χ1v) is 12.2. The van der Waals surface area contributed by atoms with Gasteiger partial charge in [0.05, 0.1) is 5.25 Å². The van der Waals surface area contributed by atoms with E-state index in [0.29, 0.717) is 17.1 Å². The molecular formula is C26H52O4S. The largest absolute Gasteiger partial charge is 0.299 e. The summed E-state index contributed by atoms with van der Waals surface area (Å²) in [6.45, 7) is 28.1. The molecule has 0 radical (unpaired) electrons. The Morgan fingerprint density at radius 2 is 1.10 bits per heavy atom. The molecule has 0 heterocycles. The zero-order valence-corrected chi connectivity index (χ0v) is 23.1. The van der Waals surface area contributed by atoms with Crippen molar-refractivity contribution < 1.29 is 18.0 Å². The summed E-state index contributed by atoms with van der Waals surface area (Å²) in [6, 6.07) is 0. The van der Waals surface area contributed by atoms with Crippen LogP contribution in [0.4, 0.5) is 0 Å². The lowest BCUT2D eigenvalue weighted by atomic mass is 9.85. The van der Waals surface area contributed by atoms with Crippen LogP contribution in [0.1, 0.15) is 118 Å². The van der Waals surface area contributed by atoms with Crippen molar-refractivity contribution in [3.8, 4) is 0 Å². The molecule has 0 amide bonds. The van der Waals surface area contributed by atoms with Gasteiger partial charge in [0, 0.05) is 22.2 Å². The minimum Gasteiger partial charge on any atom is -0.299 e. The van der Waals surface area contributed by atoms with Gasteiger partial charge in [-0.25, -0.2) is 8.42 Å². The van der Waals surface area contributed by atoms with E-state index in [1.165, 1.54) is 0 Å². The van der Waals surface area contributed by atoms with Crippen molar-refractivity contribution in [2.45, 2.75) is 123 Å². The van der Waals surface area contributed by atoms with Gasteiger partial charge in [-0.15, -0.1) is 0 Å². The Morgan fingerprint density at radius 3 is 1.16 bits per heavy atom. The number of carbonyl (C=O) groups excluding carboxylic acids is 2. The average Bonchev–Trinajstić information content (AvgIpc) is 2.57. The van der Waals surface area contributed by atoms with Crippen molar-refractivity contribution in [2.24, 2.45) is 10.8 Å². The smallest absolute Gasteiger partial charge is 0.176 e. The fourth-order valence-electron chi connectivity index (χ4n) is 1.96. The van der Waals surface area contributed by atoms with Gasteiger partial charge in [0.2, 0.25) is 0 Å². The van der Waals surface area contributed by atoms with Crippen LogP contribution in [0, 0.1) is 10.8 Å². The zero-order chi connectivity index (χ0) is 25.2. The Balaban J connectivity index is -0.000000176. The van der Waals surface area contributed by atoms with Gasteiger partial charge in [-0.05, 0) is 61.0 Å². The van der Waals surface area contributed by atoms with Crippen molar-refractivity contribution in [1.29, 1.82) is 0 Å². The molecule has 0 aliphatic carbocycles. The molecular weight excluding hydrogens is 408 g/mol. The molecule has 0 aromatic rings. The van der Waals surface area contributed by atoms with Crippen molar-refractivity contribution in [1.82, 2.24) is 0 Å². The van der Waals surface area contributed by atoms with Gasteiger partial charge in [-0.2, -0.15) is 0 Å². The van der Waals surface area contributed by atoms with Gasteiger partial charge >= 0.3 is 0 Å². The van der Waals surface area contributed by atoms with Gasteiger partial charge in [0.25, 0.3) is 0 Å². The fourth-order valence-corrected chi connectivity index (χ4v) is 3.23. The minimum atomic E-state index is -3.00. The molecule has 0 aromatic carbocycles. The quantitative estimate of drug-likeness (QED) is 0.402. The predicted octanol–water partition coefficient (Wildman–Crippen LogP) is 7.73. The molecule has 0 rings (SSSR count). The van der Waals surface area contributed by atoms with E-state index < -0.39 is 9.84 Å². The van der Waals surface area contributed by atoms with Crippen LogP contribution in [0.3, 0.4) is 0 Å². The van der Waals surface area contributed by atoms with Gasteiger partial charge in [-0.1, -0.05) is 67.0 Å². The third-order valence-electron chi connectivity index (χ3n) is 4.68. The lowest BCUT2D eigenvalue weighted by Crippen LogP contribution is -2.21. The van der Waals surface area contributed by atoms with Gasteiger partial charge in [0.15, 0.2) is 15.6 Å². The van der Waals surface area contributed by atoms with Crippen LogP contribution >= 0.6 is 0 Å². The molecule has 5 heteroatoms. The third kappa shape index (κ3) is 15.2. The third-order valence-corrected chi connectivity index (χ3v) is 7.18. The van der Waals surface area contributed by atoms with E-state index in [1.54, 1.807) is 20.8 Å². The summed E-state index contributed by atoms with van der Waals surface area (Å²) in [5.41, 5.74) is 2.52. The normalized spacial score (nSPS) is 11.1. The number of ketones is 2. The topological polar surface area (TPSA) is 68.3 Å². The zero-order valence-electron chi connectivity index (χ0n) is 22.3. The first-order valence-electron chi connectivity index (χ1n) is 10.6. The second-order valence-electron chi connectivity index (χ2n) is 10.4. The number of carbonyl (C=O) groups is 2. The number of sulfone groups is 1. The summed E-state index contributed by atoms with van der Waals surface area (Å²) in [5.74, 6) is 0.579. The Kier molecular flexibility index (Phi) is 17.7. The molecule has 0 saturated carbocycles. The molecule has 0 unspecified atom stereocenters. The molecule has 0 bridgehead atoms. The summed E-state index contributed by atoms with van der Waals surface area (Å²) in [4.78, 5) is 22.9. The van der Waals surface area contributed by atoms with Crippen molar-refractivity contribution in [3.63, 3.8) is 0 Å². The fraction of sp³-hybridized carbons (Fsp3) is 0.769. The molecule has 186 valence electrons. The van der Waals surface area contributed by atoms with E-state index in [-0.39, 0.29) is 29.3 Å². The van der Waals surface area contributed by atoms with E-state index in [9.17, 15) is 18.0 Å². The second kappa shape index (κ2) is 14.8. The highest BCUT2D eigenvalue weighted by Gasteiger charge is 2.22. The van der Waals surface area contributed by atoms with Gasteiger partial charge in [0.1, 0.15) is 5.78 Å². The molecule has 0 aromatic heterocycles. The number of hydrogen-bond donors (Lipinski definition) is 0. The van der Waals surface area contributed by atoms with E-state index >= 15 is 0 Å². The Labute approximate surface area is 194 Å². The average molecular weight is 461 g/mol. The lowest BCUT2D eigenvalue weighted by Gasteiger charge is -2.17. The Hall–Kier alpha value is -1.23. The van der Waals surface area contributed by atoms with Crippen LogP contribution < -0.4 is 0 Å². The summed E-state index contributed by atoms with van der Waals surface area (Å²) >= 11 is 0. The van der Waals surface area contributed by atoms with Crippen LogP contribution in [0.15, 0.2) is 21.6 Å². The predicted molar refractivity (Wildman–Crippen MR) is 138 cm³/mol. The lowest BCUT2D eigenvalue weighted by molar-refractivity contribution is -0.126. The maximum absolute atomic E-state index is 11.5. The number of hydrogen-bond acceptors (Lipinski definition) is 4. The molecule has 0 spiro atoms. The van der Waals surface area contributed by atoms with Crippen LogP contribution in [-0.2, 0) is 19.4 Å². The number of rotatable bonds is 4. The van der Waals surface area contributed by atoms with Crippen LogP contribution in [0.5, 0.6) is 0 Å². The van der Waals surface area contributed by atoms with Crippen LogP contribution in [0.2, 0.25) is 0 Å². The Morgan fingerprint density at radius 1 is 0.742 bits per heavy atom. The second-order valence-corrected chi connectivity index (χ2v) is 13.0. The molecule has 0 fully saturated rings. The first-order chi connectivity index (χ1) is 13.0. The summed E-state index contributed by atoms with van der Waals surface area (Å²) in [7, 11) is -3.00. The maximum Gasteiger partial charge on any atom is 0.176 e. The van der Waals surface area contributed by atoms with E-state index in [1.807, 2.05) is 83.1 Å². The molecule has 4 nitrogen and oxygen atoms in total. The highest BCUT2D eigenvalue weighted by atomic mass is 32.2. The van der Waals surface area contributed by atoms with Crippen molar-refractivity contribution >= 4 is 21.4 Å². The number of Topliss-reactive ketones (excluding diaryl/α,β-unsaturated/α-hetero) is 2. The van der Waals surface area contributed by atoms with E-state index in [2.05, 4.69) is 0 Å². The standard InChI is InChI=1S/C10H18O.C8H16O2S.C7H14O.CH4/c1-7(2)8(3)9(11)10(4,5)6;1-6(2)8(5)11(9,10)7(3)4;1-5-6(8)7(2,3)4;/h1-6H3;7H,1-5H3;5H2,1-4H3;1H4. The summed E-state index contributed by atoms with van der Waals surface area (Å²) < 4.78 is 22.8. The molecule has 0 atom stereocenters. The van der Waals surface area contributed by atoms with Crippen LogP contribution in [0.25, 0.3) is 0 Å². The summed E-state index contributed by atoms with van der Waals surface area (Å²) in [6.07, 6.45) is 0.656. The van der Waals surface area contributed by atoms with Gasteiger partial charge in [-0.3, -0.25) is 9.59 Å². The minimum absolute atomic E-state index is 0. The molecule has 0 aliphatic rings. The highest BCUT2D eigenvalue weighted by molar-refractivity contribution is 7.95. The molecule has 0 saturated heterocycles. The maximum atomic E-state index is 11.5. The number of allylic oxidation sites excluding steroid dienone is 4. The molecule has 0 aliphatic heterocycles. The van der Waals surface area contributed by atoms with E-state index in [4.69, 9.17) is 0 Å². The highest BCUT2D eigenvalue weighted by Crippen LogP contribution is 2.21. The van der Waals surface area contributed by atoms with Crippen molar-refractivity contribution in [3.05, 3.63) is 21.6 Å². The molecule has 0 N–H and O–H groups in total. The van der Waals surface area contributed by atoms with E-state index in [0.717, 1.165) is 16.7 Å².